The number of carbonyl (C=O) groups is 1. The van der Waals surface area contributed by atoms with Gasteiger partial charge in [0.05, 0.1) is 23.1 Å². The number of esters is 1. The second-order valence-electron chi connectivity index (χ2n) is 5.92. The molecule has 30 heavy (non-hydrogen) atoms. The Morgan fingerprint density at radius 1 is 1.20 bits per heavy atom. The lowest BCUT2D eigenvalue weighted by Crippen LogP contribution is -2.31. The number of para-hydroxylation sites is 2. The van der Waals surface area contributed by atoms with Crippen LogP contribution in [0.5, 0.6) is 5.75 Å². The zero-order valence-electron chi connectivity index (χ0n) is 16.2. The maximum Gasteiger partial charge on any atom is 0.351 e. The maximum absolute atomic E-state index is 13.3. The van der Waals surface area contributed by atoms with E-state index >= 15 is 0 Å². The predicted molar refractivity (Wildman–Crippen MR) is 116 cm³/mol. The molecule has 2 aromatic carbocycles. The van der Waals surface area contributed by atoms with Crippen molar-refractivity contribution in [2.45, 2.75) is 6.92 Å². The standard InChI is InChI=1S/C23H18N2O4S/c1-3-28-19-13-9-8-10-16(19)14-20-21(26)25(17-11-6-5-7-12-17)22(30-20)18(15-24)23(27)29-4-2/h3,5-14H,1,4H2,2H3/b20-14-,22-18-. The van der Waals surface area contributed by atoms with Crippen molar-refractivity contribution in [1.82, 2.24) is 4.57 Å². The number of benzene rings is 2. The largest absolute Gasteiger partial charge is 0.465 e. The van der Waals surface area contributed by atoms with Gasteiger partial charge in [0, 0.05) is 5.56 Å². The van der Waals surface area contributed by atoms with Crippen LogP contribution in [-0.4, -0.2) is 17.1 Å². The Balaban J connectivity index is 2.38. The van der Waals surface area contributed by atoms with Crippen LogP contribution in [0.1, 0.15) is 12.5 Å². The van der Waals surface area contributed by atoms with E-state index in [2.05, 4.69) is 6.58 Å². The molecule has 0 atom stereocenters. The molecule has 0 radical (unpaired) electrons. The topological polar surface area (TPSA) is 81.3 Å². The van der Waals surface area contributed by atoms with Gasteiger partial charge < -0.3 is 9.47 Å². The Labute approximate surface area is 176 Å². The lowest BCUT2D eigenvalue weighted by atomic mass is 10.2. The number of rotatable bonds is 6. The molecule has 0 N–H and O–H groups in total. The molecule has 3 aromatic rings. The van der Waals surface area contributed by atoms with Crippen LogP contribution in [0.25, 0.3) is 17.3 Å². The Bertz CT molecular complexity index is 1300. The summed E-state index contributed by atoms with van der Waals surface area (Å²) in [5.74, 6) is -0.240. The molecule has 0 bridgehead atoms. The monoisotopic (exact) mass is 418 g/mol. The zero-order valence-corrected chi connectivity index (χ0v) is 17.0. The molecule has 0 aliphatic carbocycles. The minimum absolute atomic E-state index is 0.121. The highest BCUT2D eigenvalue weighted by atomic mass is 32.1. The van der Waals surface area contributed by atoms with Crippen LogP contribution in [0.2, 0.25) is 0 Å². The van der Waals surface area contributed by atoms with Crippen LogP contribution in [0.3, 0.4) is 0 Å². The number of hydrogen-bond donors (Lipinski definition) is 0. The minimum Gasteiger partial charge on any atom is -0.465 e. The summed E-state index contributed by atoms with van der Waals surface area (Å²) >= 11 is 1.04. The van der Waals surface area contributed by atoms with Crippen molar-refractivity contribution in [3.05, 3.63) is 92.6 Å². The fourth-order valence-electron chi connectivity index (χ4n) is 2.78. The van der Waals surface area contributed by atoms with Crippen molar-refractivity contribution >= 4 is 29.0 Å². The zero-order chi connectivity index (χ0) is 21.5. The summed E-state index contributed by atoms with van der Waals surface area (Å²) in [7, 11) is 0. The maximum atomic E-state index is 13.3. The second kappa shape index (κ2) is 9.54. The predicted octanol–water partition coefficient (Wildman–Crippen LogP) is 2.49. The molecule has 1 aromatic heterocycles. The average Bonchev–Trinajstić information content (AvgIpc) is 3.07. The highest BCUT2D eigenvalue weighted by Gasteiger charge is 2.18. The third-order valence-electron chi connectivity index (χ3n) is 4.06. The van der Waals surface area contributed by atoms with E-state index in [0.717, 1.165) is 11.3 Å². The molecule has 0 unspecified atom stereocenters. The molecule has 0 amide bonds. The molecule has 0 saturated heterocycles. The van der Waals surface area contributed by atoms with Crippen LogP contribution in [0.15, 0.2) is 72.2 Å². The molecular formula is C23H18N2O4S. The number of carbonyl (C=O) groups excluding carboxylic acids is 1. The van der Waals surface area contributed by atoms with Crippen molar-refractivity contribution in [3.8, 4) is 17.5 Å². The van der Waals surface area contributed by atoms with E-state index in [1.165, 1.54) is 10.8 Å². The van der Waals surface area contributed by atoms with Crippen LogP contribution in [-0.2, 0) is 9.53 Å². The van der Waals surface area contributed by atoms with Crippen molar-refractivity contribution in [3.63, 3.8) is 0 Å². The van der Waals surface area contributed by atoms with Crippen molar-refractivity contribution in [1.29, 1.82) is 5.26 Å². The van der Waals surface area contributed by atoms with E-state index in [9.17, 15) is 14.9 Å². The third kappa shape index (κ3) is 4.24. The summed E-state index contributed by atoms with van der Waals surface area (Å²) in [6.07, 6.45) is 2.96. The van der Waals surface area contributed by atoms with E-state index in [4.69, 9.17) is 9.47 Å². The molecule has 0 spiro atoms. The molecule has 0 saturated carbocycles. The Morgan fingerprint density at radius 2 is 1.90 bits per heavy atom. The molecule has 6 nitrogen and oxygen atoms in total. The fraction of sp³-hybridized carbons (Fsp3) is 0.0870. The van der Waals surface area contributed by atoms with Gasteiger partial charge in [0.25, 0.3) is 5.56 Å². The molecule has 1 heterocycles. The van der Waals surface area contributed by atoms with Gasteiger partial charge in [-0.3, -0.25) is 9.36 Å². The van der Waals surface area contributed by atoms with E-state index in [1.54, 1.807) is 55.5 Å². The quantitative estimate of drug-likeness (QED) is 0.454. The van der Waals surface area contributed by atoms with Gasteiger partial charge in [0.2, 0.25) is 0 Å². The number of nitrogens with zero attached hydrogens (tertiary/aromatic N) is 2. The second-order valence-corrected chi connectivity index (χ2v) is 6.95. The Morgan fingerprint density at radius 3 is 2.57 bits per heavy atom. The van der Waals surface area contributed by atoms with Gasteiger partial charge in [-0.05, 0) is 31.2 Å². The van der Waals surface area contributed by atoms with Gasteiger partial charge >= 0.3 is 5.97 Å². The molecule has 150 valence electrons. The van der Waals surface area contributed by atoms with E-state index in [1.807, 2.05) is 18.2 Å². The lowest BCUT2D eigenvalue weighted by Gasteiger charge is -2.03. The van der Waals surface area contributed by atoms with Gasteiger partial charge in [0.1, 0.15) is 16.5 Å². The van der Waals surface area contributed by atoms with Crippen LogP contribution < -0.4 is 19.5 Å². The first-order valence-electron chi connectivity index (χ1n) is 9.07. The average molecular weight is 418 g/mol. The van der Waals surface area contributed by atoms with Crippen LogP contribution in [0, 0.1) is 11.3 Å². The van der Waals surface area contributed by atoms with Gasteiger partial charge in [-0.25, -0.2) is 4.79 Å². The number of ether oxygens (including phenoxy) is 2. The summed E-state index contributed by atoms with van der Waals surface area (Å²) in [4.78, 5) is 25.6. The van der Waals surface area contributed by atoms with Gasteiger partial charge in [-0.2, -0.15) is 5.26 Å². The summed E-state index contributed by atoms with van der Waals surface area (Å²) in [6, 6.07) is 17.9. The van der Waals surface area contributed by atoms with Gasteiger partial charge in [-0.1, -0.05) is 43.0 Å². The number of hydrogen-bond acceptors (Lipinski definition) is 6. The SMILES string of the molecule is C=COc1ccccc1/C=c1\s/c(=C(/C#N)C(=O)OCC)n(-c2ccccc2)c1=O. The molecule has 0 aliphatic rings. The highest BCUT2D eigenvalue weighted by molar-refractivity contribution is 7.07. The van der Waals surface area contributed by atoms with E-state index < -0.39 is 5.97 Å². The lowest BCUT2D eigenvalue weighted by molar-refractivity contribution is -0.136. The van der Waals surface area contributed by atoms with Crippen molar-refractivity contribution < 1.29 is 14.3 Å². The summed E-state index contributed by atoms with van der Waals surface area (Å²) in [5, 5.41) is 9.61. The first-order valence-corrected chi connectivity index (χ1v) is 9.89. The highest BCUT2D eigenvalue weighted by Crippen LogP contribution is 2.18. The Hall–Kier alpha value is -3.89. The smallest absolute Gasteiger partial charge is 0.351 e. The van der Waals surface area contributed by atoms with E-state index in [-0.39, 0.29) is 22.4 Å². The first kappa shape index (κ1) is 20.8. The molecule has 3 rings (SSSR count). The third-order valence-corrected chi connectivity index (χ3v) is 5.15. The summed E-state index contributed by atoms with van der Waals surface area (Å²) < 4.78 is 12.3. The van der Waals surface area contributed by atoms with Gasteiger partial charge in [0.15, 0.2) is 5.57 Å². The van der Waals surface area contributed by atoms with Crippen LogP contribution in [0.4, 0.5) is 0 Å². The van der Waals surface area contributed by atoms with Crippen molar-refractivity contribution in [2.24, 2.45) is 0 Å². The molecule has 0 aliphatic heterocycles. The number of aromatic nitrogens is 1. The molecule has 7 heteroatoms. The summed E-state index contributed by atoms with van der Waals surface area (Å²) in [5.41, 5.74) is 0.628. The van der Waals surface area contributed by atoms with Crippen molar-refractivity contribution in [2.75, 3.05) is 6.61 Å². The summed E-state index contributed by atoms with van der Waals surface area (Å²) in [6.45, 7) is 5.34. The van der Waals surface area contributed by atoms with E-state index in [0.29, 0.717) is 21.5 Å². The minimum atomic E-state index is -0.770. The normalized spacial score (nSPS) is 12.1. The van der Waals surface area contributed by atoms with Crippen LogP contribution >= 0.6 is 11.3 Å². The first-order chi connectivity index (χ1) is 14.6. The number of thiazole rings is 1. The fourth-order valence-corrected chi connectivity index (χ4v) is 3.87. The van der Waals surface area contributed by atoms with Gasteiger partial charge in [-0.15, -0.1) is 11.3 Å². The molecule has 0 fully saturated rings. The molecular weight excluding hydrogens is 400 g/mol. The Kier molecular flexibility index (Phi) is 6.63. The number of nitriles is 1.